The van der Waals surface area contributed by atoms with Crippen molar-refractivity contribution in [2.45, 2.75) is 39.4 Å². The van der Waals surface area contributed by atoms with Crippen molar-refractivity contribution in [3.8, 4) is 0 Å². The van der Waals surface area contributed by atoms with E-state index in [0.717, 1.165) is 17.7 Å². The summed E-state index contributed by atoms with van der Waals surface area (Å²) in [6.45, 7) is 5.16. The number of amides is 1. The fraction of sp³-hybridized carbons (Fsp3) is 0.400. The van der Waals surface area contributed by atoms with E-state index >= 15 is 0 Å². The van der Waals surface area contributed by atoms with Crippen LogP contribution in [0.15, 0.2) is 35.3 Å². The SMILES string of the molecule is CCC(C)NC(=O)c1ccc(CNC(=NC)NCc2cc(Cl)c(Cl)n2C)cc1.I. The van der Waals surface area contributed by atoms with E-state index in [-0.39, 0.29) is 35.9 Å². The van der Waals surface area contributed by atoms with Crippen molar-refractivity contribution in [3.63, 3.8) is 0 Å². The Morgan fingerprint density at radius 2 is 1.79 bits per heavy atom. The van der Waals surface area contributed by atoms with Gasteiger partial charge in [-0.25, -0.2) is 0 Å². The third-order valence-electron chi connectivity index (χ3n) is 4.54. The summed E-state index contributed by atoms with van der Waals surface area (Å²) in [7, 11) is 3.57. The third-order valence-corrected chi connectivity index (χ3v) is 5.38. The first-order chi connectivity index (χ1) is 13.3. The van der Waals surface area contributed by atoms with Crippen LogP contribution in [0.25, 0.3) is 0 Å². The van der Waals surface area contributed by atoms with Crippen LogP contribution >= 0.6 is 47.2 Å². The Bertz CT molecular complexity index is 836. The van der Waals surface area contributed by atoms with Gasteiger partial charge in [0.15, 0.2) is 5.96 Å². The molecule has 0 bridgehead atoms. The van der Waals surface area contributed by atoms with Crippen LogP contribution in [-0.4, -0.2) is 29.5 Å². The Hall–Kier alpha value is -1.45. The highest BCUT2D eigenvalue weighted by Crippen LogP contribution is 2.24. The Kier molecular flexibility index (Phi) is 10.8. The number of guanidine groups is 1. The molecule has 0 radical (unpaired) electrons. The summed E-state index contributed by atoms with van der Waals surface area (Å²) in [5.41, 5.74) is 2.66. The van der Waals surface area contributed by atoms with Crippen LogP contribution in [0.1, 0.15) is 41.9 Å². The average Bonchev–Trinajstić information content (AvgIpc) is 2.95. The molecule has 29 heavy (non-hydrogen) atoms. The molecule has 160 valence electrons. The fourth-order valence-corrected chi connectivity index (χ4v) is 2.94. The van der Waals surface area contributed by atoms with E-state index in [1.54, 1.807) is 7.05 Å². The van der Waals surface area contributed by atoms with Crippen molar-refractivity contribution in [3.05, 3.63) is 57.3 Å². The van der Waals surface area contributed by atoms with E-state index in [2.05, 4.69) is 20.9 Å². The normalized spacial score (nSPS) is 12.1. The highest BCUT2D eigenvalue weighted by molar-refractivity contribution is 14.0. The second-order valence-electron chi connectivity index (χ2n) is 6.59. The number of nitrogens with one attached hydrogen (secondary N) is 3. The molecule has 2 aromatic rings. The smallest absolute Gasteiger partial charge is 0.251 e. The molecule has 0 spiro atoms. The maximum atomic E-state index is 12.1. The van der Waals surface area contributed by atoms with Crippen molar-refractivity contribution in [1.29, 1.82) is 0 Å². The molecule has 1 amide bonds. The van der Waals surface area contributed by atoms with E-state index in [0.29, 0.717) is 34.8 Å². The first-order valence-corrected chi connectivity index (χ1v) is 9.95. The Morgan fingerprint density at radius 1 is 1.17 bits per heavy atom. The van der Waals surface area contributed by atoms with E-state index in [9.17, 15) is 4.79 Å². The zero-order valence-electron chi connectivity index (χ0n) is 17.1. The number of rotatable bonds is 7. The van der Waals surface area contributed by atoms with Crippen LogP contribution in [0.3, 0.4) is 0 Å². The van der Waals surface area contributed by atoms with Gasteiger partial charge in [-0.3, -0.25) is 9.79 Å². The standard InChI is InChI=1S/C20H27Cl2N5O.HI/c1-5-13(2)26-19(28)15-8-6-14(7-9-15)11-24-20(23-3)25-12-16-10-17(21)18(22)27(16)4;/h6-10,13H,5,11-12H2,1-4H3,(H,26,28)(H2,23,24,25);1H. The molecule has 1 aromatic heterocycles. The lowest BCUT2D eigenvalue weighted by Gasteiger charge is -2.13. The average molecular weight is 552 g/mol. The van der Waals surface area contributed by atoms with Gasteiger partial charge in [-0.1, -0.05) is 42.3 Å². The Morgan fingerprint density at radius 3 is 2.31 bits per heavy atom. The summed E-state index contributed by atoms with van der Waals surface area (Å²) in [6.07, 6.45) is 0.904. The molecule has 2 rings (SSSR count). The van der Waals surface area contributed by atoms with Gasteiger partial charge in [-0.2, -0.15) is 0 Å². The van der Waals surface area contributed by atoms with Crippen molar-refractivity contribution < 1.29 is 4.79 Å². The molecule has 3 N–H and O–H groups in total. The minimum Gasteiger partial charge on any atom is -0.352 e. The number of aliphatic imine (C=N–C) groups is 1. The lowest BCUT2D eigenvalue weighted by molar-refractivity contribution is 0.0939. The highest BCUT2D eigenvalue weighted by Gasteiger charge is 2.10. The molecule has 0 saturated heterocycles. The van der Waals surface area contributed by atoms with Crippen molar-refractivity contribution in [1.82, 2.24) is 20.5 Å². The van der Waals surface area contributed by atoms with E-state index in [1.165, 1.54) is 0 Å². The second-order valence-corrected chi connectivity index (χ2v) is 7.36. The van der Waals surface area contributed by atoms with Gasteiger partial charge < -0.3 is 20.5 Å². The fourth-order valence-electron chi connectivity index (χ4n) is 2.52. The topological polar surface area (TPSA) is 70.4 Å². The molecule has 1 atom stereocenters. The van der Waals surface area contributed by atoms with E-state index in [4.69, 9.17) is 23.2 Å². The summed E-state index contributed by atoms with van der Waals surface area (Å²) in [6, 6.07) is 9.52. The van der Waals surface area contributed by atoms with Gasteiger partial charge in [0.2, 0.25) is 0 Å². The Labute approximate surface area is 199 Å². The van der Waals surface area contributed by atoms with E-state index < -0.39 is 0 Å². The first kappa shape index (κ1) is 25.6. The zero-order valence-corrected chi connectivity index (χ0v) is 20.9. The largest absolute Gasteiger partial charge is 0.352 e. The summed E-state index contributed by atoms with van der Waals surface area (Å²) in [5, 5.41) is 10.5. The lowest BCUT2D eigenvalue weighted by Crippen LogP contribution is -2.36. The molecule has 0 aliphatic heterocycles. The van der Waals surface area contributed by atoms with Gasteiger partial charge >= 0.3 is 0 Å². The summed E-state index contributed by atoms with van der Waals surface area (Å²) >= 11 is 12.1. The van der Waals surface area contributed by atoms with Crippen LogP contribution in [0.5, 0.6) is 0 Å². The Balaban J connectivity index is 0.00000420. The first-order valence-electron chi connectivity index (χ1n) is 9.19. The monoisotopic (exact) mass is 551 g/mol. The lowest BCUT2D eigenvalue weighted by atomic mass is 10.1. The molecule has 9 heteroatoms. The predicted molar refractivity (Wildman–Crippen MR) is 132 cm³/mol. The van der Waals surface area contributed by atoms with Crippen LogP contribution in [-0.2, 0) is 20.1 Å². The van der Waals surface area contributed by atoms with Gasteiger partial charge in [0.1, 0.15) is 5.15 Å². The number of hydrogen-bond acceptors (Lipinski definition) is 2. The number of carbonyl (C=O) groups is 1. The number of carbonyl (C=O) groups excluding carboxylic acids is 1. The van der Waals surface area contributed by atoms with Crippen LogP contribution in [0.2, 0.25) is 10.2 Å². The zero-order chi connectivity index (χ0) is 20.7. The molecular weight excluding hydrogens is 524 g/mol. The number of benzene rings is 1. The van der Waals surface area contributed by atoms with Gasteiger partial charge in [0.05, 0.1) is 11.6 Å². The van der Waals surface area contributed by atoms with Crippen LogP contribution in [0.4, 0.5) is 0 Å². The van der Waals surface area contributed by atoms with Gasteiger partial charge in [-0.15, -0.1) is 24.0 Å². The third kappa shape index (κ3) is 7.38. The quantitative estimate of drug-likeness (QED) is 0.272. The molecule has 1 aromatic carbocycles. The number of halogens is 3. The molecule has 0 saturated carbocycles. The van der Waals surface area contributed by atoms with Crippen LogP contribution in [0, 0.1) is 0 Å². The maximum Gasteiger partial charge on any atom is 0.251 e. The van der Waals surface area contributed by atoms with Crippen molar-refractivity contribution in [2.75, 3.05) is 7.05 Å². The second kappa shape index (κ2) is 12.3. The molecular formula is C20H28Cl2IN5O. The summed E-state index contributed by atoms with van der Waals surface area (Å²) in [5.74, 6) is 0.609. The van der Waals surface area contributed by atoms with Gasteiger partial charge in [0, 0.05) is 37.9 Å². The minimum atomic E-state index is -0.0498. The summed E-state index contributed by atoms with van der Waals surface area (Å²) < 4.78 is 1.83. The van der Waals surface area contributed by atoms with Gasteiger partial charge in [-0.05, 0) is 37.1 Å². The summed E-state index contributed by atoms with van der Waals surface area (Å²) in [4.78, 5) is 16.4. The molecule has 0 fully saturated rings. The van der Waals surface area contributed by atoms with E-state index in [1.807, 2.05) is 55.8 Å². The van der Waals surface area contributed by atoms with Crippen molar-refractivity contribution >= 4 is 59.0 Å². The maximum absolute atomic E-state index is 12.1. The molecule has 0 aliphatic rings. The van der Waals surface area contributed by atoms with Gasteiger partial charge in [0.25, 0.3) is 5.91 Å². The molecule has 0 aliphatic carbocycles. The minimum absolute atomic E-state index is 0. The predicted octanol–water partition coefficient (Wildman–Crippen LogP) is 4.34. The molecule has 1 heterocycles. The number of aromatic nitrogens is 1. The highest BCUT2D eigenvalue weighted by atomic mass is 127. The molecule has 1 unspecified atom stereocenters. The van der Waals surface area contributed by atoms with Crippen LogP contribution < -0.4 is 16.0 Å². The molecule has 6 nitrogen and oxygen atoms in total. The number of nitrogens with zero attached hydrogens (tertiary/aromatic N) is 2. The number of hydrogen-bond donors (Lipinski definition) is 3. The van der Waals surface area contributed by atoms with Crippen molar-refractivity contribution in [2.24, 2.45) is 12.0 Å².